The zero-order chi connectivity index (χ0) is 25.2. The number of ether oxygens (including phenoxy) is 1. The predicted octanol–water partition coefficient (Wildman–Crippen LogP) is 2.22. The SMILES string of the molecule is CC/C(=C(/C=O)N1CCN(C)CC1)N(c1nc(-c2ccc3c(c2)CCOC3)nn1C)C(F)(F)C=O. The summed E-state index contributed by atoms with van der Waals surface area (Å²) >= 11 is 0. The van der Waals surface area contributed by atoms with Crippen molar-refractivity contribution in [2.24, 2.45) is 7.05 Å². The molecular weight excluding hydrogens is 458 g/mol. The minimum atomic E-state index is -3.93. The van der Waals surface area contributed by atoms with Crippen molar-refractivity contribution in [3.63, 3.8) is 0 Å². The average Bonchev–Trinajstić information content (AvgIpc) is 3.25. The Morgan fingerprint density at radius 1 is 1.17 bits per heavy atom. The number of aldehydes is 2. The molecule has 2 aliphatic rings. The van der Waals surface area contributed by atoms with E-state index in [1.165, 1.54) is 11.7 Å². The molecule has 0 amide bonds. The predicted molar refractivity (Wildman–Crippen MR) is 126 cm³/mol. The summed E-state index contributed by atoms with van der Waals surface area (Å²) in [5.41, 5.74) is 3.00. The number of piperazine rings is 1. The van der Waals surface area contributed by atoms with Crippen molar-refractivity contribution in [3.8, 4) is 11.4 Å². The Morgan fingerprint density at radius 2 is 1.91 bits per heavy atom. The molecule has 1 fully saturated rings. The number of allylic oxidation sites excluding steroid dienone is 2. The number of nitrogens with zero attached hydrogens (tertiary/aromatic N) is 6. The van der Waals surface area contributed by atoms with Crippen LogP contribution in [-0.4, -0.2) is 83.0 Å². The first kappa shape index (κ1) is 24.9. The minimum Gasteiger partial charge on any atom is -0.376 e. The van der Waals surface area contributed by atoms with E-state index in [4.69, 9.17) is 4.74 Å². The summed E-state index contributed by atoms with van der Waals surface area (Å²) in [5, 5.41) is 4.37. The first-order valence-electron chi connectivity index (χ1n) is 11.7. The largest absolute Gasteiger partial charge is 0.388 e. The van der Waals surface area contributed by atoms with Gasteiger partial charge in [0.2, 0.25) is 12.2 Å². The number of anilines is 1. The number of hydrogen-bond donors (Lipinski definition) is 0. The molecule has 11 heteroatoms. The van der Waals surface area contributed by atoms with Crippen molar-refractivity contribution in [1.29, 1.82) is 0 Å². The normalized spacial score (nSPS) is 17.6. The fourth-order valence-electron chi connectivity index (χ4n) is 4.51. The molecule has 0 atom stereocenters. The molecule has 9 nitrogen and oxygen atoms in total. The van der Waals surface area contributed by atoms with Crippen LogP contribution < -0.4 is 4.90 Å². The van der Waals surface area contributed by atoms with Crippen LogP contribution in [0.4, 0.5) is 14.7 Å². The lowest BCUT2D eigenvalue weighted by molar-refractivity contribution is -0.128. The molecule has 188 valence electrons. The van der Waals surface area contributed by atoms with Crippen molar-refractivity contribution in [1.82, 2.24) is 24.6 Å². The number of aryl methyl sites for hydroxylation is 1. The second-order valence-corrected chi connectivity index (χ2v) is 8.78. The maximum absolute atomic E-state index is 15.2. The van der Waals surface area contributed by atoms with Crippen LogP contribution in [-0.2, 0) is 34.4 Å². The summed E-state index contributed by atoms with van der Waals surface area (Å²) in [7, 11) is 3.46. The van der Waals surface area contributed by atoms with Gasteiger partial charge in [-0.05, 0) is 37.1 Å². The molecular formula is C24H30F2N6O3. The van der Waals surface area contributed by atoms with Crippen molar-refractivity contribution < 1.29 is 23.1 Å². The topological polar surface area (TPSA) is 83.8 Å². The zero-order valence-corrected chi connectivity index (χ0v) is 20.2. The quantitative estimate of drug-likeness (QED) is 0.318. The minimum absolute atomic E-state index is 0.0197. The van der Waals surface area contributed by atoms with Crippen molar-refractivity contribution in [2.75, 3.05) is 44.7 Å². The van der Waals surface area contributed by atoms with E-state index in [1.807, 2.05) is 25.2 Å². The lowest BCUT2D eigenvalue weighted by Crippen LogP contribution is -2.48. The highest BCUT2D eigenvalue weighted by Gasteiger charge is 2.43. The first-order valence-corrected chi connectivity index (χ1v) is 11.7. The van der Waals surface area contributed by atoms with Gasteiger partial charge in [-0.15, -0.1) is 5.10 Å². The maximum atomic E-state index is 15.2. The molecule has 4 rings (SSSR count). The van der Waals surface area contributed by atoms with Crippen LogP contribution in [0.25, 0.3) is 11.4 Å². The Morgan fingerprint density at radius 3 is 2.57 bits per heavy atom. The number of hydrogen-bond acceptors (Lipinski definition) is 8. The Hall–Kier alpha value is -3.18. The Bertz CT molecular complexity index is 1120. The van der Waals surface area contributed by atoms with Gasteiger partial charge in [0, 0.05) is 38.8 Å². The molecule has 2 aromatic rings. The van der Waals surface area contributed by atoms with Gasteiger partial charge < -0.3 is 14.5 Å². The fraction of sp³-hybridized carbons (Fsp3) is 0.500. The molecule has 2 aliphatic heterocycles. The van der Waals surface area contributed by atoms with E-state index in [-0.39, 0.29) is 29.6 Å². The summed E-state index contributed by atoms with van der Waals surface area (Å²) in [6.45, 7) is 5.22. The third-order valence-corrected chi connectivity index (χ3v) is 6.47. The molecule has 3 heterocycles. The fourth-order valence-corrected chi connectivity index (χ4v) is 4.51. The van der Waals surface area contributed by atoms with Gasteiger partial charge in [0.25, 0.3) is 0 Å². The van der Waals surface area contributed by atoms with Crippen LogP contribution in [0, 0.1) is 0 Å². The third-order valence-electron chi connectivity index (χ3n) is 6.47. The van der Waals surface area contributed by atoms with Gasteiger partial charge in [-0.3, -0.25) is 9.59 Å². The Labute approximate surface area is 203 Å². The smallest absolute Gasteiger partial charge is 0.376 e. The first-order chi connectivity index (χ1) is 16.8. The van der Waals surface area contributed by atoms with E-state index >= 15 is 8.78 Å². The second-order valence-electron chi connectivity index (χ2n) is 8.78. The van der Waals surface area contributed by atoms with Crippen molar-refractivity contribution in [2.45, 2.75) is 32.4 Å². The van der Waals surface area contributed by atoms with Gasteiger partial charge in [0.15, 0.2) is 12.1 Å². The molecule has 1 aromatic heterocycles. The summed E-state index contributed by atoms with van der Waals surface area (Å²) in [4.78, 5) is 32.6. The number of aromatic nitrogens is 3. The lowest BCUT2D eigenvalue weighted by Gasteiger charge is -2.37. The lowest BCUT2D eigenvalue weighted by atomic mass is 10.0. The molecule has 0 aliphatic carbocycles. The van der Waals surface area contributed by atoms with Crippen LogP contribution in [0.1, 0.15) is 24.5 Å². The highest BCUT2D eigenvalue weighted by atomic mass is 19.3. The number of halogens is 2. The standard InChI is InChI=1S/C24H30F2N6O3/c1-4-20(21(14-33)31-10-8-29(2)9-11-31)32(24(25,26)16-34)23-27-22(28-30(23)3)18-5-6-19-15-35-12-7-17(19)13-18/h5-6,13-14,16H,4,7-12,15H2,1-3H3/b21-20+. The molecule has 0 bridgehead atoms. The van der Waals surface area contributed by atoms with Crippen LogP contribution in [0.2, 0.25) is 0 Å². The Kier molecular flexibility index (Phi) is 7.27. The zero-order valence-electron chi connectivity index (χ0n) is 20.2. The summed E-state index contributed by atoms with van der Waals surface area (Å²) in [5.74, 6) is 0.0367. The van der Waals surface area contributed by atoms with Gasteiger partial charge in [-0.25, -0.2) is 9.58 Å². The summed E-state index contributed by atoms with van der Waals surface area (Å²) < 4.78 is 37.0. The number of alkyl halides is 2. The van der Waals surface area contributed by atoms with Crippen LogP contribution in [0.15, 0.2) is 29.6 Å². The average molecular weight is 489 g/mol. The molecule has 0 unspecified atom stereocenters. The van der Waals surface area contributed by atoms with Gasteiger partial charge in [0.1, 0.15) is 0 Å². The van der Waals surface area contributed by atoms with Crippen LogP contribution >= 0.6 is 0 Å². The molecule has 35 heavy (non-hydrogen) atoms. The second kappa shape index (κ2) is 10.2. The van der Waals surface area contributed by atoms with E-state index in [2.05, 4.69) is 15.0 Å². The molecule has 1 saturated heterocycles. The Balaban J connectivity index is 1.79. The monoisotopic (exact) mass is 488 g/mol. The number of benzene rings is 1. The summed E-state index contributed by atoms with van der Waals surface area (Å²) in [6, 6.07) is 1.76. The third kappa shape index (κ3) is 4.96. The van der Waals surface area contributed by atoms with Gasteiger partial charge in [-0.2, -0.15) is 13.8 Å². The number of likely N-dealkylation sites (N-methyl/N-ethyl adjacent to an activating group) is 1. The highest BCUT2D eigenvalue weighted by Crippen LogP contribution is 2.34. The van der Waals surface area contributed by atoms with E-state index in [1.54, 1.807) is 11.8 Å². The molecule has 0 spiro atoms. The number of carbonyl (C=O) groups is 2. The molecule has 1 aromatic carbocycles. The highest BCUT2D eigenvalue weighted by molar-refractivity contribution is 5.78. The summed E-state index contributed by atoms with van der Waals surface area (Å²) in [6.07, 6.45) is 0.989. The van der Waals surface area contributed by atoms with Crippen LogP contribution in [0.5, 0.6) is 0 Å². The van der Waals surface area contributed by atoms with Crippen molar-refractivity contribution >= 4 is 18.5 Å². The van der Waals surface area contributed by atoms with Gasteiger partial charge in [0.05, 0.1) is 24.6 Å². The molecule has 0 N–H and O–H groups in total. The molecule has 0 radical (unpaired) electrons. The van der Waals surface area contributed by atoms with E-state index in [0.717, 1.165) is 17.5 Å². The maximum Gasteiger partial charge on any atom is 0.388 e. The van der Waals surface area contributed by atoms with E-state index in [9.17, 15) is 9.59 Å². The van der Waals surface area contributed by atoms with E-state index < -0.39 is 12.3 Å². The molecule has 0 saturated carbocycles. The van der Waals surface area contributed by atoms with Gasteiger partial charge >= 0.3 is 6.05 Å². The van der Waals surface area contributed by atoms with E-state index in [0.29, 0.717) is 56.1 Å². The number of fused-ring (bicyclic) bond motifs is 1. The number of carbonyl (C=O) groups excluding carboxylic acids is 2. The van der Waals surface area contributed by atoms with Crippen molar-refractivity contribution in [3.05, 3.63) is 40.7 Å². The number of rotatable bonds is 8. The van der Waals surface area contributed by atoms with Crippen LogP contribution in [0.3, 0.4) is 0 Å². The van der Waals surface area contributed by atoms with Gasteiger partial charge in [-0.1, -0.05) is 19.1 Å².